The summed E-state index contributed by atoms with van der Waals surface area (Å²) >= 11 is 6.21. The summed E-state index contributed by atoms with van der Waals surface area (Å²) in [7, 11) is 1.40. The Morgan fingerprint density at radius 1 is 1.14 bits per heavy atom. The van der Waals surface area contributed by atoms with Crippen molar-refractivity contribution in [3.63, 3.8) is 0 Å². The Kier molecular flexibility index (Phi) is 5.23. The molecular weight excluding hydrogens is 286 g/mol. The number of ether oxygens (including phenoxy) is 1. The summed E-state index contributed by atoms with van der Waals surface area (Å²) in [6, 6.07) is 13.6. The number of methoxy groups -OCH3 is 1. The summed E-state index contributed by atoms with van der Waals surface area (Å²) in [5.41, 5.74) is 4.03. The van der Waals surface area contributed by atoms with Gasteiger partial charge >= 0.3 is 5.97 Å². The topological polar surface area (TPSA) is 38.3 Å². The molecule has 0 saturated carbocycles. The van der Waals surface area contributed by atoms with Gasteiger partial charge in [0.15, 0.2) is 0 Å². The van der Waals surface area contributed by atoms with Crippen molar-refractivity contribution in [1.82, 2.24) is 0 Å². The molecule has 0 aliphatic heterocycles. The number of carbonyl (C=O) groups is 1. The molecule has 2 aromatic carbocycles. The third kappa shape index (κ3) is 3.99. The summed E-state index contributed by atoms with van der Waals surface area (Å²) in [6.45, 7) is 2.62. The standard InChI is InChI=1S/C17H18ClNO2/c1-12-6-5-9-15(18)17(12)19-11-14-8-4-3-7-13(14)10-16(20)21-2/h3-9,19H,10-11H2,1-2H3. The number of para-hydroxylation sites is 1. The van der Waals surface area contributed by atoms with Crippen molar-refractivity contribution in [3.05, 3.63) is 64.2 Å². The molecule has 110 valence electrons. The summed E-state index contributed by atoms with van der Waals surface area (Å²) in [5, 5.41) is 4.04. The molecular formula is C17H18ClNO2. The average Bonchev–Trinajstić information content (AvgIpc) is 2.48. The summed E-state index contributed by atoms with van der Waals surface area (Å²) in [5.74, 6) is -0.239. The Morgan fingerprint density at radius 3 is 2.52 bits per heavy atom. The molecule has 0 unspecified atom stereocenters. The van der Waals surface area contributed by atoms with E-state index in [0.717, 1.165) is 22.4 Å². The lowest BCUT2D eigenvalue weighted by Crippen LogP contribution is -2.09. The van der Waals surface area contributed by atoms with Gasteiger partial charge in [0, 0.05) is 6.54 Å². The van der Waals surface area contributed by atoms with Crippen LogP contribution in [0.25, 0.3) is 0 Å². The van der Waals surface area contributed by atoms with Crippen LogP contribution in [-0.4, -0.2) is 13.1 Å². The van der Waals surface area contributed by atoms with E-state index < -0.39 is 0 Å². The van der Waals surface area contributed by atoms with Crippen LogP contribution >= 0.6 is 11.6 Å². The molecule has 0 radical (unpaired) electrons. The molecule has 3 nitrogen and oxygen atoms in total. The van der Waals surface area contributed by atoms with Crippen molar-refractivity contribution >= 4 is 23.3 Å². The minimum Gasteiger partial charge on any atom is -0.469 e. The normalized spacial score (nSPS) is 10.2. The van der Waals surface area contributed by atoms with E-state index in [-0.39, 0.29) is 12.4 Å². The molecule has 0 aromatic heterocycles. The van der Waals surface area contributed by atoms with Crippen molar-refractivity contribution in [1.29, 1.82) is 0 Å². The van der Waals surface area contributed by atoms with E-state index in [1.165, 1.54) is 7.11 Å². The lowest BCUT2D eigenvalue weighted by atomic mass is 10.0. The van der Waals surface area contributed by atoms with Gasteiger partial charge in [-0.1, -0.05) is 48.0 Å². The number of esters is 1. The van der Waals surface area contributed by atoms with Gasteiger partial charge in [-0.3, -0.25) is 4.79 Å². The van der Waals surface area contributed by atoms with Crippen LogP contribution in [0.4, 0.5) is 5.69 Å². The number of halogens is 1. The molecule has 0 fully saturated rings. The van der Waals surface area contributed by atoms with Gasteiger partial charge in [-0.15, -0.1) is 0 Å². The molecule has 0 heterocycles. The highest BCUT2D eigenvalue weighted by molar-refractivity contribution is 6.33. The maximum Gasteiger partial charge on any atom is 0.309 e. The minimum absolute atomic E-state index is 0.239. The minimum atomic E-state index is -0.239. The molecule has 0 aliphatic carbocycles. The molecule has 0 bridgehead atoms. The number of nitrogens with one attached hydrogen (secondary N) is 1. The number of hydrogen-bond donors (Lipinski definition) is 1. The summed E-state index contributed by atoms with van der Waals surface area (Å²) in [6.07, 6.45) is 0.274. The first-order valence-corrected chi connectivity index (χ1v) is 7.12. The van der Waals surface area contributed by atoms with Gasteiger partial charge in [0.1, 0.15) is 0 Å². The molecule has 0 atom stereocenters. The first-order chi connectivity index (χ1) is 10.1. The molecule has 0 saturated heterocycles. The van der Waals surface area contributed by atoms with Crippen molar-refractivity contribution in [3.8, 4) is 0 Å². The van der Waals surface area contributed by atoms with Crippen LogP contribution in [0.2, 0.25) is 5.02 Å². The molecule has 1 N–H and O–H groups in total. The number of benzene rings is 2. The summed E-state index contributed by atoms with van der Waals surface area (Å²) in [4.78, 5) is 11.5. The largest absolute Gasteiger partial charge is 0.469 e. The number of anilines is 1. The lowest BCUT2D eigenvalue weighted by Gasteiger charge is -2.14. The van der Waals surface area contributed by atoms with E-state index in [4.69, 9.17) is 16.3 Å². The zero-order chi connectivity index (χ0) is 15.2. The monoisotopic (exact) mass is 303 g/mol. The van der Waals surface area contributed by atoms with Crippen LogP contribution in [0.1, 0.15) is 16.7 Å². The van der Waals surface area contributed by atoms with Crippen molar-refractivity contribution in [2.75, 3.05) is 12.4 Å². The van der Waals surface area contributed by atoms with Crippen LogP contribution in [-0.2, 0) is 22.5 Å². The second-order valence-electron chi connectivity index (χ2n) is 4.81. The Balaban J connectivity index is 2.15. The van der Waals surface area contributed by atoms with Crippen LogP contribution in [0, 0.1) is 6.92 Å². The lowest BCUT2D eigenvalue weighted by molar-refractivity contribution is -0.139. The predicted octanol–water partition coefficient (Wildman–Crippen LogP) is 3.98. The average molecular weight is 304 g/mol. The van der Waals surface area contributed by atoms with Crippen molar-refractivity contribution in [2.45, 2.75) is 19.9 Å². The zero-order valence-electron chi connectivity index (χ0n) is 12.2. The SMILES string of the molecule is COC(=O)Cc1ccccc1CNc1c(C)cccc1Cl. The summed E-state index contributed by atoms with van der Waals surface area (Å²) < 4.78 is 4.73. The smallest absolute Gasteiger partial charge is 0.309 e. The van der Waals surface area contributed by atoms with E-state index in [9.17, 15) is 4.79 Å². The zero-order valence-corrected chi connectivity index (χ0v) is 12.9. The van der Waals surface area contributed by atoms with Gasteiger partial charge in [-0.2, -0.15) is 0 Å². The number of rotatable bonds is 5. The maximum absolute atomic E-state index is 11.5. The maximum atomic E-state index is 11.5. The van der Waals surface area contributed by atoms with Crippen LogP contribution in [0.3, 0.4) is 0 Å². The Labute approximate surface area is 129 Å². The van der Waals surface area contributed by atoms with E-state index in [2.05, 4.69) is 5.32 Å². The molecule has 4 heteroatoms. The Hall–Kier alpha value is -2.00. The van der Waals surface area contributed by atoms with Crippen molar-refractivity contribution < 1.29 is 9.53 Å². The number of aryl methyl sites for hydroxylation is 1. The first-order valence-electron chi connectivity index (χ1n) is 6.74. The van der Waals surface area contributed by atoms with Gasteiger partial charge in [0.05, 0.1) is 24.2 Å². The van der Waals surface area contributed by atoms with Gasteiger partial charge in [-0.25, -0.2) is 0 Å². The Bertz CT molecular complexity index is 620. The fraction of sp³-hybridized carbons (Fsp3) is 0.235. The van der Waals surface area contributed by atoms with Crippen LogP contribution in [0.5, 0.6) is 0 Å². The van der Waals surface area contributed by atoms with E-state index in [1.807, 2.05) is 49.4 Å². The van der Waals surface area contributed by atoms with E-state index in [1.54, 1.807) is 0 Å². The second kappa shape index (κ2) is 7.14. The third-order valence-electron chi connectivity index (χ3n) is 3.36. The van der Waals surface area contributed by atoms with Gasteiger partial charge in [-0.05, 0) is 29.7 Å². The molecule has 21 heavy (non-hydrogen) atoms. The molecule has 2 aromatic rings. The van der Waals surface area contributed by atoms with E-state index >= 15 is 0 Å². The fourth-order valence-corrected chi connectivity index (χ4v) is 2.46. The van der Waals surface area contributed by atoms with Crippen molar-refractivity contribution in [2.24, 2.45) is 0 Å². The predicted molar refractivity (Wildman–Crippen MR) is 85.7 cm³/mol. The highest BCUT2D eigenvalue weighted by Crippen LogP contribution is 2.26. The molecule has 2 rings (SSSR count). The highest BCUT2D eigenvalue weighted by atomic mass is 35.5. The van der Waals surface area contributed by atoms with Crippen LogP contribution in [0.15, 0.2) is 42.5 Å². The fourth-order valence-electron chi connectivity index (χ4n) is 2.17. The highest BCUT2D eigenvalue weighted by Gasteiger charge is 2.09. The first kappa shape index (κ1) is 15.4. The van der Waals surface area contributed by atoms with E-state index in [0.29, 0.717) is 11.6 Å². The van der Waals surface area contributed by atoms with Gasteiger partial charge in [0.25, 0.3) is 0 Å². The van der Waals surface area contributed by atoms with Gasteiger partial charge in [0.2, 0.25) is 0 Å². The van der Waals surface area contributed by atoms with Gasteiger partial charge < -0.3 is 10.1 Å². The molecule has 0 aliphatic rings. The number of hydrogen-bond acceptors (Lipinski definition) is 3. The third-order valence-corrected chi connectivity index (χ3v) is 3.67. The number of carbonyl (C=O) groups excluding carboxylic acids is 1. The molecule has 0 spiro atoms. The Morgan fingerprint density at radius 2 is 1.86 bits per heavy atom. The second-order valence-corrected chi connectivity index (χ2v) is 5.21. The van der Waals surface area contributed by atoms with Crippen LogP contribution < -0.4 is 5.32 Å². The quantitative estimate of drug-likeness (QED) is 0.849. The molecule has 0 amide bonds.